The zero-order chi connectivity index (χ0) is 13.8. The molecule has 1 aromatic rings. The fourth-order valence-corrected chi connectivity index (χ4v) is 3.21. The number of para-hydroxylation sites is 1. The van der Waals surface area contributed by atoms with Crippen LogP contribution >= 0.6 is 15.9 Å². The van der Waals surface area contributed by atoms with Crippen molar-refractivity contribution in [1.82, 2.24) is 4.90 Å². The van der Waals surface area contributed by atoms with Crippen molar-refractivity contribution in [2.45, 2.75) is 32.7 Å². The fraction of sp³-hybridized carbons (Fsp3) is 0.600. The number of nitrogens with one attached hydrogen (secondary N) is 1. The molecule has 4 heteroatoms. The van der Waals surface area contributed by atoms with Crippen LogP contribution in [0.3, 0.4) is 0 Å². The molecule has 106 valence electrons. The van der Waals surface area contributed by atoms with Gasteiger partial charge in [0, 0.05) is 10.5 Å². The molecule has 1 N–H and O–H groups in total. The molecule has 0 aromatic heterocycles. The highest BCUT2D eigenvalue weighted by Gasteiger charge is 2.24. The number of rotatable bonds is 4. The highest BCUT2D eigenvalue weighted by Crippen LogP contribution is 2.29. The van der Waals surface area contributed by atoms with Crippen molar-refractivity contribution in [2.24, 2.45) is 5.92 Å². The van der Waals surface area contributed by atoms with Gasteiger partial charge in [-0.1, -0.05) is 13.0 Å². The standard InChI is InChI=1S/C15H22BrFN2/c1-3-19-9-7-12(8-10-19)11(2)18-15-13(16)5-4-6-14(15)17/h4-6,11-12,18H,3,7-10H2,1-2H3. The minimum atomic E-state index is -0.188. The summed E-state index contributed by atoms with van der Waals surface area (Å²) in [6, 6.07) is 5.39. The fourth-order valence-electron chi connectivity index (χ4n) is 2.75. The van der Waals surface area contributed by atoms with Gasteiger partial charge in [-0.05, 0) is 73.4 Å². The summed E-state index contributed by atoms with van der Waals surface area (Å²) in [5, 5.41) is 3.34. The van der Waals surface area contributed by atoms with E-state index in [0.717, 1.165) is 24.1 Å². The molecule has 0 bridgehead atoms. The topological polar surface area (TPSA) is 15.3 Å². The molecule has 2 nitrogen and oxygen atoms in total. The van der Waals surface area contributed by atoms with Gasteiger partial charge in [-0.3, -0.25) is 0 Å². The second-order valence-corrected chi connectivity index (χ2v) is 6.16. The predicted molar refractivity (Wildman–Crippen MR) is 82.0 cm³/mol. The van der Waals surface area contributed by atoms with Crippen LogP contribution in [0.1, 0.15) is 26.7 Å². The number of nitrogens with zero attached hydrogens (tertiary/aromatic N) is 1. The van der Waals surface area contributed by atoms with Gasteiger partial charge in [0.1, 0.15) is 5.82 Å². The molecule has 0 saturated carbocycles. The Hall–Kier alpha value is -0.610. The lowest BCUT2D eigenvalue weighted by atomic mass is 9.90. The molecule has 0 amide bonds. The maximum Gasteiger partial charge on any atom is 0.147 e. The second kappa shape index (κ2) is 6.71. The molecule has 1 saturated heterocycles. The van der Waals surface area contributed by atoms with E-state index in [1.54, 1.807) is 6.07 Å². The molecule has 1 fully saturated rings. The molecule has 1 atom stereocenters. The molecular weight excluding hydrogens is 307 g/mol. The first-order chi connectivity index (χ1) is 9.11. The number of likely N-dealkylation sites (tertiary alicyclic amines) is 1. The van der Waals surface area contributed by atoms with Crippen LogP contribution in [0.25, 0.3) is 0 Å². The maximum atomic E-state index is 13.8. The van der Waals surface area contributed by atoms with Gasteiger partial charge in [-0.25, -0.2) is 4.39 Å². The molecule has 0 spiro atoms. The van der Waals surface area contributed by atoms with E-state index in [1.807, 2.05) is 6.07 Å². The van der Waals surface area contributed by atoms with E-state index in [2.05, 4.69) is 40.0 Å². The third-order valence-electron chi connectivity index (χ3n) is 4.12. The van der Waals surface area contributed by atoms with E-state index in [0.29, 0.717) is 17.6 Å². The number of benzene rings is 1. The van der Waals surface area contributed by atoms with E-state index < -0.39 is 0 Å². The lowest BCUT2D eigenvalue weighted by Crippen LogP contribution is -2.39. The second-order valence-electron chi connectivity index (χ2n) is 5.30. The van der Waals surface area contributed by atoms with Crippen LogP contribution in [-0.4, -0.2) is 30.6 Å². The van der Waals surface area contributed by atoms with Crippen LogP contribution in [0, 0.1) is 11.7 Å². The summed E-state index contributed by atoms with van der Waals surface area (Å²) in [5.41, 5.74) is 0.591. The van der Waals surface area contributed by atoms with Gasteiger partial charge in [0.25, 0.3) is 0 Å². The summed E-state index contributed by atoms with van der Waals surface area (Å²) in [5.74, 6) is 0.432. The van der Waals surface area contributed by atoms with Gasteiger partial charge in [0.05, 0.1) is 5.69 Å². The Morgan fingerprint density at radius 3 is 2.68 bits per heavy atom. The predicted octanol–water partition coefficient (Wildman–Crippen LogP) is 4.12. The highest BCUT2D eigenvalue weighted by molar-refractivity contribution is 9.10. The average molecular weight is 329 g/mol. The van der Waals surface area contributed by atoms with Crippen LogP contribution in [0.4, 0.5) is 10.1 Å². The SMILES string of the molecule is CCN1CCC(C(C)Nc2c(F)cccc2Br)CC1. The molecule has 19 heavy (non-hydrogen) atoms. The van der Waals surface area contributed by atoms with Crippen molar-refractivity contribution in [1.29, 1.82) is 0 Å². The molecule has 1 heterocycles. The van der Waals surface area contributed by atoms with E-state index >= 15 is 0 Å². The van der Waals surface area contributed by atoms with Crippen LogP contribution < -0.4 is 5.32 Å². The van der Waals surface area contributed by atoms with Gasteiger partial charge in [0.2, 0.25) is 0 Å². The molecule has 1 aliphatic rings. The number of hydrogen-bond donors (Lipinski definition) is 1. The van der Waals surface area contributed by atoms with Crippen LogP contribution in [0.5, 0.6) is 0 Å². The zero-order valence-corrected chi connectivity index (χ0v) is 13.2. The zero-order valence-electron chi connectivity index (χ0n) is 11.6. The van der Waals surface area contributed by atoms with E-state index in [9.17, 15) is 4.39 Å². The summed E-state index contributed by atoms with van der Waals surface area (Å²) in [4.78, 5) is 2.47. The largest absolute Gasteiger partial charge is 0.379 e. The van der Waals surface area contributed by atoms with Crippen LogP contribution in [0.2, 0.25) is 0 Å². The molecule has 0 aliphatic carbocycles. The Morgan fingerprint density at radius 1 is 1.42 bits per heavy atom. The molecular formula is C15H22BrFN2. The normalized spacial score (nSPS) is 19.4. The first-order valence-electron chi connectivity index (χ1n) is 7.04. The molecule has 0 radical (unpaired) electrons. The van der Waals surface area contributed by atoms with Crippen molar-refractivity contribution in [3.05, 3.63) is 28.5 Å². The summed E-state index contributed by atoms with van der Waals surface area (Å²) >= 11 is 3.41. The van der Waals surface area contributed by atoms with Gasteiger partial charge in [-0.15, -0.1) is 0 Å². The Bertz CT molecular complexity index is 396. The van der Waals surface area contributed by atoms with Crippen molar-refractivity contribution in [3.8, 4) is 0 Å². The molecule has 1 aliphatic heterocycles. The third kappa shape index (κ3) is 3.69. The van der Waals surface area contributed by atoms with Crippen molar-refractivity contribution < 1.29 is 4.39 Å². The maximum absolute atomic E-state index is 13.8. The monoisotopic (exact) mass is 328 g/mol. The summed E-state index contributed by atoms with van der Waals surface area (Å²) in [6.07, 6.45) is 2.38. The first kappa shape index (κ1) is 14.8. The van der Waals surface area contributed by atoms with Gasteiger partial charge in [0.15, 0.2) is 0 Å². The number of anilines is 1. The van der Waals surface area contributed by atoms with Gasteiger partial charge < -0.3 is 10.2 Å². The Morgan fingerprint density at radius 2 is 2.11 bits per heavy atom. The number of hydrogen-bond acceptors (Lipinski definition) is 2. The smallest absolute Gasteiger partial charge is 0.147 e. The van der Waals surface area contributed by atoms with E-state index in [4.69, 9.17) is 0 Å². The van der Waals surface area contributed by atoms with E-state index in [1.165, 1.54) is 18.9 Å². The summed E-state index contributed by atoms with van der Waals surface area (Å²) in [6.45, 7) is 7.81. The van der Waals surface area contributed by atoms with Crippen molar-refractivity contribution >= 4 is 21.6 Å². The first-order valence-corrected chi connectivity index (χ1v) is 7.84. The van der Waals surface area contributed by atoms with Crippen molar-refractivity contribution in [2.75, 3.05) is 25.0 Å². The molecule has 2 rings (SSSR count). The quantitative estimate of drug-likeness (QED) is 0.894. The summed E-state index contributed by atoms with van der Waals surface area (Å²) in [7, 11) is 0. The average Bonchev–Trinajstić information content (AvgIpc) is 2.43. The Labute approximate surface area is 123 Å². The van der Waals surface area contributed by atoms with E-state index in [-0.39, 0.29) is 5.82 Å². The van der Waals surface area contributed by atoms with Gasteiger partial charge in [-0.2, -0.15) is 0 Å². The Balaban J connectivity index is 1.96. The minimum absolute atomic E-state index is 0.188. The molecule has 1 aromatic carbocycles. The lowest BCUT2D eigenvalue weighted by Gasteiger charge is -2.35. The van der Waals surface area contributed by atoms with Crippen LogP contribution in [-0.2, 0) is 0 Å². The van der Waals surface area contributed by atoms with Crippen molar-refractivity contribution in [3.63, 3.8) is 0 Å². The van der Waals surface area contributed by atoms with Gasteiger partial charge >= 0.3 is 0 Å². The minimum Gasteiger partial charge on any atom is -0.379 e. The Kier molecular flexibility index (Phi) is 5.22. The highest BCUT2D eigenvalue weighted by atomic mass is 79.9. The number of piperidine rings is 1. The summed E-state index contributed by atoms with van der Waals surface area (Å²) < 4.78 is 14.6. The number of halogens is 2. The van der Waals surface area contributed by atoms with Crippen LogP contribution in [0.15, 0.2) is 22.7 Å². The molecule has 1 unspecified atom stereocenters. The third-order valence-corrected chi connectivity index (χ3v) is 4.78. The lowest BCUT2D eigenvalue weighted by molar-refractivity contribution is 0.183.